The first-order chi connectivity index (χ1) is 8.91. The van der Waals surface area contributed by atoms with Gasteiger partial charge in [0.2, 0.25) is 0 Å². The summed E-state index contributed by atoms with van der Waals surface area (Å²) in [6, 6.07) is 1.21. The molecule has 0 bridgehead atoms. The Labute approximate surface area is 126 Å². The zero-order valence-electron chi connectivity index (χ0n) is 11.0. The maximum atomic E-state index is 12.9. The number of alkyl halides is 1. The zero-order valence-corrected chi connectivity index (χ0v) is 13.3. The Morgan fingerprint density at radius 1 is 1.63 bits per heavy atom. The molecular formula is C13H17BrClFN2O. The number of carbonyl (C=O) groups excluding carboxylic acids is 1. The summed E-state index contributed by atoms with van der Waals surface area (Å²) < 4.78 is 13.3. The van der Waals surface area contributed by atoms with Crippen LogP contribution in [0.4, 0.5) is 4.39 Å². The van der Waals surface area contributed by atoms with Crippen molar-refractivity contribution >= 4 is 33.4 Å². The van der Waals surface area contributed by atoms with Crippen LogP contribution in [0, 0.1) is 5.82 Å². The van der Waals surface area contributed by atoms with E-state index in [9.17, 15) is 9.18 Å². The van der Waals surface area contributed by atoms with Gasteiger partial charge in [0.25, 0.3) is 5.91 Å². The molecule has 106 valence electrons. The number of pyridine rings is 1. The molecule has 1 N–H and O–H groups in total. The van der Waals surface area contributed by atoms with Gasteiger partial charge in [0.1, 0.15) is 11.5 Å². The van der Waals surface area contributed by atoms with E-state index in [0.29, 0.717) is 10.4 Å². The summed E-state index contributed by atoms with van der Waals surface area (Å²) >= 11 is 9.07. The lowest BCUT2D eigenvalue weighted by atomic mass is 9.97. The van der Waals surface area contributed by atoms with E-state index in [1.807, 2.05) is 6.92 Å². The van der Waals surface area contributed by atoms with E-state index < -0.39 is 11.4 Å². The molecule has 0 spiro atoms. The monoisotopic (exact) mass is 350 g/mol. The normalized spacial score (nSPS) is 13.9. The van der Waals surface area contributed by atoms with Crippen LogP contribution < -0.4 is 5.32 Å². The third kappa shape index (κ3) is 4.73. The predicted octanol–water partition coefficient (Wildman–Crippen LogP) is 3.90. The summed E-state index contributed by atoms with van der Waals surface area (Å²) in [7, 11) is 0. The number of hydrogen-bond acceptors (Lipinski definition) is 2. The Balaban J connectivity index is 2.82. The molecule has 0 radical (unpaired) electrons. The number of hydrogen-bond donors (Lipinski definition) is 1. The zero-order chi connectivity index (χ0) is 14.5. The molecule has 0 aliphatic rings. The second-order valence-electron chi connectivity index (χ2n) is 4.74. The topological polar surface area (TPSA) is 42.0 Å². The highest BCUT2D eigenvalue weighted by Gasteiger charge is 2.26. The van der Waals surface area contributed by atoms with E-state index in [2.05, 4.69) is 33.2 Å². The average Bonchev–Trinajstić information content (AvgIpc) is 2.36. The van der Waals surface area contributed by atoms with Gasteiger partial charge in [0, 0.05) is 5.88 Å². The van der Waals surface area contributed by atoms with Crippen molar-refractivity contribution < 1.29 is 9.18 Å². The maximum Gasteiger partial charge on any atom is 0.271 e. The summed E-state index contributed by atoms with van der Waals surface area (Å²) in [6.07, 6.45) is 3.81. The van der Waals surface area contributed by atoms with Crippen molar-refractivity contribution in [1.82, 2.24) is 10.3 Å². The van der Waals surface area contributed by atoms with Crippen LogP contribution in [0.15, 0.2) is 16.7 Å². The number of carbonyl (C=O) groups is 1. The number of nitrogens with zero attached hydrogens (tertiary/aromatic N) is 1. The molecule has 1 amide bonds. The summed E-state index contributed by atoms with van der Waals surface area (Å²) in [5.41, 5.74) is -0.321. The highest BCUT2D eigenvalue weighted by atomic mass is 79.9. The fourth-order valence-electron chi connectivity index (χ4n) is 1.64. The fraction of sp³-hybridized carbons (Fsp3) is 0.538. The number of unbranched alkanes of at least 4 members (excludes halogenated alkanes) is 1. The number of nitrogens with one attached hydrogen (secondary N) is 1. The fourth-order valence-corrected chi connectivity index (χ4v) is 2.35. The van der Waals surface area contributed by atoms with Gasteiger partial charge in [-0.25, -0.2) is 9.37 Å². The van der Waals surface area contributed by atoms with Gasteiger partial charge < -0.3 is 5.32 Å². The first-order valence-corrected chi connectivity index (χ1v) is 7.44. The molecular weight excluding hydrogens is 335 g/mol. The molecule has 1 unspecified atom stereocenters. The highest BCUT2D eigenvalue weighted by molar-refractivity contribution is 9.10. The largest absolute Gasteiger partial charge is 0.344 e. The third-order valence-electron chi connectivity index (χ3n) is 2.82. The lowest BCUT2D eigenvalue weighted by molar-refractivity contribution is 0.0903. The van der Waals surface area contributed by atoms with Crippen molar-refractivity contribution in [2.45, 2.75) is 38.6 Å². The SMILES string of the molecule is CCCCC(C)(CCl)NC(=O)c1ncc(F)cc1Br. The molecule has 0 aromatic carbocycles. The number of aromatic nitrogens is 1. The predicted molar refractivity (Wildman–Crippen MR) is 78.0 cm³/mol. The minimum atomic E-state index is -0.491. The van der Waals surface area contributed by atoms with Crippen LogP contribution >= 0.6 is 27.5 Å². The van der Waals surface area contributed by atoms with Gasteiger partial charge in [-0.3, -0.25) is 4.79 Å². The molecule has 0 saturated heterocycles. The van der Waals surface area contributed by atoms with Crippen LogP contribution in [0.3, 0.4) is 0 Å². The van der Waals surface area contributed by atoms with Crippen molar-refractivity contribution in [2.24, 2.45) is 0 Å². The Bertz CT molecular complexity index is 458. The van der Waals surface area contributed by atoms with Crippen molar-refractivity contribution in [3.8, 4) is 0 Å². The second kappa shape index (κ2) is 7.20. The van der Waals surface area contributed by atoms with Gasteiger partial charge >= 0.3 is 0 Å². The number of rotatable bonds is 6. The highest BCUT2D eigenvalue weighted by Crippen LogP contribution is 2.19. The van der Waals surface area contributed by atoms with E-state index in [1.165, 1.54) is 6.07 Å². The van der Waals surface area contributed by atoms with Gasteiger partial charge in [0.05, 0.1) is 16.2 Å². The quantitative estimate of drug-likeness (QED) is 0.790. The van der Waals surface area contributed by atoms with Crippen molar-refractivity contribution in [2.75, 3.05) is 5.88 Å². The Morgan fingerprint density at radius 3 is 2.84 bits per heavy atom. The van der Waals surface area contributed by atoms with Crippen LogP contribution in [0.2, 0.25) is 0 Å². The molecule has 0 aliphatic heterocycles. The van der Waals surface area contributed by atoms with E-state index in [0.717, 1.165) is 25.5 Å². The van der Waals surface area contributed by atoms with E-state index in [4.69, 9.17) is 11.6 Å². The van der Waals surface area contributed by atoms with Crippen molar-refractivity contribution in [3.63, 3.8) is 0 Å². The molecule has 1 atom stereocenters. The first kappa shape index (κ1) is 16.4. The lowest BCUT2D eigenvalue weighted by Crippen LogP contribution is -2.47. The Hall–Kier alpha value is -0.680. The molecule has 19 heavy (non-hydrogen) atoms. The van der Waals surface area contributed by atoms with E-state index in [1.54, 1.807) is 0 Å². The van der Waals surface area contributed by atoms with Crippen molar-refractivity contribution in [1.29, 1.82) is 0 Å². The van der Waals surface area contributed by atoms with Crippen LogP contribution in [-0.4, -0.2) is 22.3 Å². The minimum absolute atomic E-state index is 0.161. The summed E-state index contributed by atoms with van der Waals surface area (Å²) in [6.45, 7) is 3.97. The molecule has 6 heteroatoms. The minimum Gasteiger partial charge on any atom is -0.344 e. The molecule has 1 rings (SSSR count). The molecule has 3 nitrogen and oxygen atoms in total. The first-order valence-electron chi connectivity index (χ1n) is 6.11. The van der Waals surface area contributed by atoms with Crippen molar-refractivity contribution in [3.05, 3.63) is 28.2 Å². The molecule has 1 aromatic rings. The summed E-state index contributed by atoms with van der Waals surface area (Å²) in [5, 5.41) is 2.87. The van der Waals surface area contributed by atoms with Crippen LogP contribution in [0.5, 0.6) is 0 Å². The third-order valence-corrected chi connectivity index (χ3v) is 4.01. The molecule has 0 fully saturated rings. The molecule has 1 heterocycles. The van der Waals surface area contributed by atoms with Gasteiger partial charge in [0.15, 0.2) is 0 Å². The van der Waals surface area contributed by atoms with Gasteiger partial charge in [-0.1, -0.05) is 19.8 Å². The smallest absolute Gasteiger partial charge is 0.271 e. The molecule has 1 aromatic heterocycles. The standard InChI is InChI=1S/C13H17BrClFN2O/c1-3-4-5-13(2,8-15)18-12(19)11-10(14)6-9(16)7-17-11/h6-7H,3-5,8H2,1-2H3,(H,18,19). The van der Waals surface area contributed by atoms with Crippen LogP contribution in [-0.2, 0) is 0 Å². The summed E-state index contributed by atoms with van der Waals surface area (Å²) in [5.74, 6) is -0.530. The number of amides is 1. The van der Waals surface area contributed by atoms with Gasteiger partial charge in [-0.2, -0.15) is 0 Å². The van der Waals surface area contributed by atoms with Crippen LogP contribution in [0.1, 0.15) is 43.6 Å². The Kier molecular flexibility index (Phi) is 6.20. The van der Waals surface area contributed by atoms with Crippen LogP contribution in [0.25, 0.3) is 0 Å². The average molecular weight is 352 g/mol. The second-order valence-corrected chi connectivity index (χ2v) is 5.86. The molecule has 0 aliphatic carbocycles. The number of halogens is 3. The van der Waals surface area contributed by atoms with E-state index in [-0.39, 0.29) is 11.6 Å². The molecule has 0 saturated carbocycles. The van der Waals surface area contributed by atoms with Gasteiger partial charge in [-0.05, 0) is 35.3 Å². The maximum absolute atomic E-state index is 12.9. The van der Waals surface area contributed by atoms with E-state index >= 15 is 0 Å². The summed E-state index contributed by atoms with van der Waals surface area (Å²) in [4.78, 5) is 15.9. The Morgan fingerprint density at radius 2 is 2.32 bits per heavy atom. The van der Waals surface area contributed by atoms with Gasteiger partial charge in [-0.15, -0.1) is 11.6 Å². The lowest BCUT2D eigenvalue weighted by Gasteiger charge is -2.28.